The van der Waals surface area contributed by atoms with E-state index in [0.717, 1.165) is 40.5 Å². The van der Waals surface area contributed by atoms with Crippen molar-refractivity contribution in [3.05, 3.63) is 21.0 Å². The summed E-state index contributed by atoms with van der Waals surface area (Å²) >= 11 is 6.76. The molecular formula is C13H20Br2N2O. The normalized spacial score (nSPS) is 18.4. The van der Waals surface area contributed by atoms with E-state index in [0.29, 0.717) is 0 Å². The SMILES string of the molecule is CC1CCN(CCNCc2cc(Br)c(Br)o2)CC1. The van der Waals surface area contributed by atoms with Gasteiger partial charge in [0.1, 0.15) is 5.76 Å². The zero-order valence-corrected chi connectivity index (χ0v) is 13.9. The van der Waals surface area contributed by atoms with Crippen LogP contribution in [-0.2, 0) is 6.54 Å². The second-order valence-corrected chi connectivity index (χ2v) is 6.61. The number of furan rings is 1. The van der Waals surface area contributed by atoms with Crippen LogP contribution in [0.3, 0.4) is 0 Å². The van der Waals surface area contributed by atoms with Crippen molar-refractivity contribution in [2.75, 3.05) is 26.2 Å². The van der Waals surface area contributed by atoms with Crippen LogP contribution < -0.4 is 5.32 Å². The summed E-state index contributed by atoms with van der Waals surface area (Å²) in [4.78, 5) is 2.54. The highest BCUT2D eigenvalue weighted by Crippen LogP contribution is 2.26. The summed E-state index contributed by atoms with van der Waals surface area (Å²) in [6, 6.07) is 2.00. The van der Waals surface area contributed by atoms with Gasteiger partial charge in [-0.3, -0.25) is 0 Å². The van der Waals surface area contributed by atoms with Gasteiger partial charge in [-0.25, -0.2) is 0 Å². The van der Waals surface area contributed by atoms with E-state index in [4.69, 9.17) is 4.42 Å². The summed E-state index contributed by atoms with van der Waals surface area (Å²) < 4.78 is 7.26. The first-order valence-electron chi connectivity index (χ1n) is 6.52. The van der Waals surface area contributed by atoms with Crippen LogP contribution in [0.1, 0.15) is 25.5 Å². The van der Waals surface area contributed by atoms with Crippen LogP contribution in [0.25, 0.3) is 0 Å². The fraction of sp³-hybridized carbons (Fsp3) is 0.692. The van der Waals surface area contributed by atoms with Gasteiger partial charge in [0.2, 0.25) is 0 Å². The molecule has 0 bridgehead atoms. The van der Waals surface area contributed by atoms with E-state index in [1.807, 2.05) is 6.07 Å². The molecule has 0 radical (unpaired) electrons. The van der Waals surface area contributed by atoms with E-state index in [-0.39, 0.29) is 0 Å². The number of likely N-dealkylation sites (tertiary alicyclic amines) is 1. The van der Waals surface area contributed by atoms with Crippen LogP contribution in [0.2, 0.25) is 0 Å². The lowest BCUT2D eigenvalue weighted by Gasteiger charge is -2.30. The molecule has 18 heavy (non-hydrogen) atoms. The highest BCUT2D eigenvalue weighted by molar-refractivity contribution is 9.13. The van der Waals surface area contributed by atoms with Gasteiger partial charge >= 0.3 is 0 Å². The van der Waals surface area contributed by atoms with E-state index < -0.39 is 0 Å². The summed E-state index contributed by atoms with van der Waals surface area (Å²) in [5, 5.41) is 3.42. The van der Waals surface area contributed by atoms with Gasteiger partial charge in [0.15, 0.2) is 4.67 Å². The van der Waals surface area contributed by atoms with Crippen LogP contribution in [0, 0.1) is 5.92 Å². The molecule has 102 valence electrons. The molecule has 0 aromatic carbocycles. The molecule has 2 heterocycles. The number of hydrogen-bond acceptors (Lipinski definition) is 3. The van der Waals surface area contributed by atoms with Gasteiger partial charge < -0.3 is 14.6 Å². The molecule has 1 aliphatic heterocycles. The Labute approximate surface area is 126 Å². The predicted molar refractivity (Wildman–Crippen MR) is 80.7 cm³/mol. The first kappa shape index (κ1) is 14.6. The van der Waals surface area contributed by atoms with E-state index in [9.17, 15) is 0 Å². The Hall–Kier alpha value is 0.160. The highest BCUT2D eigenvalue weighted by atomic mass is 79.9. The fourth-order valence-corrected chi connectivity index (χ4v) is 2.87. The van der Waals surface area contributed by atoms with Crippen molar-refractivity contribution in [3.63, 3.8) is 0 Å². The third-order valence-corrected chi connectivity index (χ3v) is 5.19. The van der Waals surface area contributed by atoms with Gasteiger partial charge in [-0.15, -0.1) is 0 Å². The number of halogens is 2. The lowest BCUT2D eigenvalue weighted by atomic mass is 9.99. The van der Waals surface area contributed by atoms with E-state index in [1.54, 1.807) is 0 Å². The minimum absolute atomic E-state index is 0.768. The van der Waals surface area contributed by atoms with Gasteiger partial charge in [-0.05, 0) is 69.8 Å². The fourth-order valence-electron chi connectivity index (χ4n) is 2.21. The topological polar surface area (TPSA) is 28.4 Å². The van der Waals surface area contributed by atoms with Crippen molar-refractivity contribution < 1.29 is 4.42 Å². The van der Waals surface area contributed by atoms with Gasteiger partial charge in [-0.2, -0.15) is 0 Å². The molecule has 1 fully saturated rings. The van der Waals surface area contributed by atoms with Gasteiger partial charge in [0.05, 0.1) is 11.0 Å². The second kappa shape index (κ2) is 7.08. The van der Waals surface area contributed by atoms with Crippen molar-refractivity contribution in [2.45, 2.75) is 26.3 Å². The Morgan fingerprint density at radius 2 is 2.11 bits per heavy atom. The van der Waals surface area contributed by atoms with Crippen LogP contribution in [-0.4, -0.2) is 31.1 Å². The van der Waals surface area contributed by atoms with Crippen LogP contribution >= 0.6 is 31.9 Å². The number of hydrogen-bond donors (Lipinski definition) is 1. The maximum atomic E-state index is 5.51. The van der Waals surface area contributed by atoms with Gasteiger partial charge in [0, 0.05) is 13.1 Å². The maximum Gasteiger partial charge on any atom is 0.183 e. The summed E-state index contributed by atoms with van der Waals surface area (Å²) in [5.74, 6) is 1.87. The third-order valence-electron chi connectivity index (χ3n) is 3.48. The van der Waals surface area contributed by atoms with Crippen molar-refractivity contribution >= 4 is 31.9 Å². The van der Waals surface area contributed by atoms with Gasteiger partial charge in [-0.1, -0.05) is 6.92 Å². The summed E-state index contributed by atoms with van der Waals surface area (Å²) in [6.45, 7) is 7.79. The van der Waals surface area contributed by atoms with Crippen LogP contribution in [0.15, 0.2) is 19.6 Å². The Kier molecular flexibility index (Phi) is 5.73. The summed E-state index contributed by atoms with van der Waals surface area (Å²) in [7, 11) is 0. The molecule has 0 spiro atoms. The van der Waals surface area contributed by atoms with Crippen molar-refractivity contribution in [1.82, 2.24) is 10.2 Å². The first-order valence-corrected chi connectivity index (χ1v) is 8.10. The molecule has 1 aromatic heterocycles. The molecule has 5 heteroatoms. The average molecular weight is 380 g/mol. The predicted octanol–water partition coefficient (Wildman–Crippen LogP) is 3.63. The second-order valence-electron chi connectivity index (χ2n) is 5.04. The molecule has 1 saturated heterocycles. The molecule has 0 saturated carbocycles. The number of piperidine rings is 1. The van der Waals surface area contributed by atoms with Crippen LogP contribution in [0.5, 0.6) is 0 Å². The molecule has 0 unspecified atom stereocenters. The number of rotatable bonds is 5. The number of nitrogens with one attached hydrogen (secondary N) is 1. The zero-order valence-electron chi connectivity index (χ0n) is 10.7. The lowest BCUT2D eigenvalue weighted by Crippen LogP contribution is -2.37. The molecule has 0 atom stereocenters. The Morgan fingerprint density at radius 3 is 2.72 bits per heavy atom. The Bertz CT molecular complexity index is 354. The molecule has 1 aromatic rings. The molecule has 2 rings (SSSR count). The molecule has 3 nitrogen and oxygen atoms in total. The lowest BCUT2D eigenvalue weighted by molar-refractivity contribution is 0.192. The molecular weight excluding hydrogens is 360 g/mol. The Balaban J connectivity index is 1.61. The Morgan fingerprint density at radius 1 is 1.39 bits per heavy atom. The van der Waals surface area contributed by atoms with Crippen molar-refractivity contribution in [2.24, 2.45) is 5.92 Å². The first-order chi connectivity index (χ1) is 8.65. The quantitative estimate of drug-likeness (QED) is 0.792. The van der Waals surface area contributed by atoms with Crippen molar-refractivity contribution in [1.29, 1.82) is 0 Å². The maximum absolute atomic E-state index is 5.51. The van der Waals surface area contributed by atoms with Gasteiger partial charge in [0.25, 0.3) is 0 Å². The minimum atomic E-state index is 0.768. The molecule has 0 amide bonds. The monoisotopic (exact) mass is 378 g/mol. The standard InChI is InChI=1S/C13H20Br2N2O/c1-10-2-5-17(6-3-10)7-4-16-9-11-8-12(14)13(15)18-11/h8,10,16H,2-7,9H2,1H3. The smallest absolute Gasteiger partial charge is 0.183 e. The third kappa shape index (κ3) is 4.37. The highest BCUT2D eigenvalue weighted by Gasteiger charge is 2.14. The largest absolute Gasteiger partial charge is 0.452 e. The van der Waals surface area contributed by atoms with Crippen molar-refractivity contribution in [3.8, 4) is 0 Å². The zero-order chi connectivity index (χ0) is 13.0. The van der Waals surface area contributed by atoms with E-state index in [2.05, 4.69) is 49.0 Å². The average Bonchev–Trinajstić information content (AvgIpc) is 2.67. The molecule has 1 aliphatic rings. The van der Waals surface area contributed by atoms with E-state index >= 15 is 0 Å². The minimum Gasteiger partial charge on any atom is -0.452 e. The van der Waals surface area contributed by atoms with E-state index in [1.165, 1.54) is 25.9 Å². The van der Waals surface area contributed by atoms with Crippen LogP contribution in [0.4, 0.5) is 0 Å². The number of nitrogens with zero attached hydrogens (tertiary/aromatic N) is 1. The summed E-state index contributed by atoms with van der Waals surface area (Å²) in [6.07, 6.45) is 2.69. The molecule has 1 N–H and O–H groups in total. The summed E-state index contributed by atoms with van der Waals surface area (Å²) in [5.41, 5.74) is 0. The molecule has 0 aliphatic carbocycles.